The molecule has 124 valence electrons. The van der Waals surface area contributed by atoms with Crippen molar-refractivity contribution in [1.82, 2.24) is 4.90 Å². The van der Waals surface area contributed by atoms with Gasteiger partial charge < -0.3 is 14.7 Å². The van der Waals surface area contributed by atoms with E-state index in [9.17, 15) is 22.8 Å². The first-order valence-corrected chi connectivity index (χ1v) is 7.10. The topological polar surface area (TPSA) is 66.8 Å². The molecule has 23 heavy (non-hydrogen) atoms. The number of piperidine rings is 1. The molecule has 2 aliphatic heterocycles. The van der Waals surface area contributed by atoms with Crippen molar-refractivity contribution in [2.75, 3.05) is 19.7 Å². The van der Waals surface area contributed by atoms with Gasteiger partial charge in [-0.2, -0.15) is 13.2 Å². The highest BCUT2D eigenvalue weighted by atomic mass is 19.4. The third-order valence-electron chi connectivity index (χ3n) is 4.57. The molecule has 1 spiro atoms. The maximum atomic E-state index is 12.8. The predicted molar refractivity (Wildman–Crippen MR) is 72.1 cm³/mol. The lowest BCUT2D eigenvalue weighted by Crippen LogP contribution is -2.48. The quantitative estimate of drug-likeness (QED) is 0.740. The second-order valence-electron chi connectivity index (χ2n) is 5.88. The summed E-state index contributed by atoms with van der Waals surface area (Å²) in [6, 6.07) is 3.46. The molecule has 1 fully saturated rings. The molecule has 3 rings (SSSR count). The van der Waals surface area contributed by atoms with Gasteiger partial charge in [0.15, 0.2) is 0 Å². The number of likely N-dealkylation sites (tertiary alicyclic amines) is 1. The Morgan fingerprint density at radius 3 is 2.43 bits per heavy atom. The van der Waals surface area contributed by atoms with Crippen LogP contribution in [0.1, 0.15) is 24.0 Å². The maximum Gasteiger partial charge on any atom is 0.416 e. The van der Waals surface area contributed by atoms with Gasteiger partial charge in [-0.15, -0.1) is 0 Å². The molecule has 8 heteroatoms. The Morgan fingerprint density at radius 2 is 1.87 bits per heavy atom. The van der Waals surface area contributed by atoms with Gasteiger partial charge in [0.1, 0.15) is 5.75 Å². The SMILES string of the molecule is O=C(O)C(=O)N1CCC2(CC1)COc1cc(C(F)(F)F)ccc12. The molecular formula is C15H14F3NO4. The Kier molecular flexibility index (Phi) is 3.50. The number of carbonyl (C=O) groups excluding carboxylic acids is 1. The summed E-state index contributed by atoms with van der Waals surface area (Å²) in [4.78, 5) is 23.4. The second-order valence-corrected chi connectivity index (χ2v) is 5.88. The molecule has 0 aromatic heterocycles. The summed E-state index contributed by atoms with van der Waals surface area (Å²) in [5.41, 5.74) is -0.505. The zero-order valence-corrected chi connectivity index (χ0v) is 12.0. The first-order valence-electron chi connectivity index (χ1n) is 7.10. The molecule has 0 radical (unpaired) electrons. The number of ether oxygens (including phenoxy) is 1. The van der Waals surface area contributed by atoms with Gasteiger partial charge in [-0.3, -0.25) is 4.79 Å². The van der Waals surface area contributed by atoms with Crippen LogP contribution in [-0.2, 0) is 21.2 Å². The number of carbonyl (C=O) groups is 2. The molecule has 1 amide bonds. The summed E-state index contributed by atoms with van der Waals surface area (Å²) in [6.45, 7) is 0.739. The van der Waals surface area contributed by atoms with Crippen molar-refractivity contribution in [3.63, 3.8) is 0 Å². The minimum Gasteiger partial charge on any atom is -0.492 e. The normalized spacial score (nSPS) is 19.3. The summed E-state index contributed by atoms with van der Waals surface area (Å²) in [6.07, 6.45) is -3.50. The van der Waals surface area contributed by atoms with Crippen molar-refractivity contribution in [1.29, 1.82) is 0 Å². The van der Waals surface area contributed by atoms with E-state index in [1.165, 1.54) is 11.0 Å². The molecule has 0 bridgehead atoms. The van der Waals surface area contributed by atoms with Gasteiger partial charge in [0.2, 0.25) is 0 Å². The molecule has 0 unspecified atom stereocenters. The maximum absolute atomic E-state index is 12.8. The molecule has 1 saturated heterocycles. The van der Waals surface area contributed by atoms with E-state index in [-0.39, 0.29) is 25.4 Å². The Labute approximate surface area is 129 Å². The van der Waals surface area contributed by atoms with E-state index in [1.807, 2.05) is 0 Å². The lowest BCUT2D eigenvalue weighted by Gasteiger charge is -2.37. The fraction of sp³-hybridized carbons (Fsp3) is 0.467. The Bertz CT molecular complexity index is 663. The van der Waals surface area contributed by atoms with Crippen LogP contribution in [-0.4, -0.2) is 41.6 Å². The smallest absolute Gasteiger partial charge is 0.416 e. The van der Waals surface area contributed by atoms with Gasteiger partial charge in [0.05, 0.1) is 12.2 Å². The van der Waals surface area contributed by atoms with Crippen molar-refractivity contribution in [3.05, 3.63) is 29.3 Å². The average Bonchev–Trinajstić information content (AvgIpc) is 2.85. The molecule has 1 aromatic rings. The standard InChI is InChI=1S/C15H14F3NO4/c16-15(17,18)9-1-2-10-11(7-9)23-8-14(10)3-5-19(6-4-14)12(20)13(21)22/h1-2,7H,3-6,8H2,(H,21,22). The molecule has 2 aliphatic rings. The minimum atomic E-state index is -4.43. The van der Waals surface area contributed by atoms with Crippen LogP contribution in [0.15, 0.2) is 18.2 Å². The Hall–Kier alpha value is -2.25. The second kappa shape index (κ2) is 5.14. The molecule has 1 aromatic carbocycles. The first-order chi connectivity index (χ1) is 10.7. The first kappa shape index (κ1) is 15.6. The zero-order valence-electron chi connectivity index (χ0n) is 12.0. The number of carboxylic acids is 1. The summed E-state index contributed by atoms with van der Waals surface area (Å²) in [7, 11) is 0. The van der Waals surface area contributed by atoms with Gasteiger partial charge in [-0.1, -0.05) is 6.07 Å². The summed E-state index contributed by atoms with van der Waals surface area (Å²) in [5, 5.41) is 8.73. The van der Waals surface area contributed by atoms with Gasteiger partial charge >= 0.3 is 18.1 Å². The van der Waals surface area contributed by atoms with Crippen molar-refractivity contribution >= 4 is 11.9 Å². The molecule has 5 nitrogen and oxygen atoms in total. The van der Waals surface area contributed by atoms with Crippen LogP contribution in [0, 0.1) is 0 Å². The van der Waals surface area contributed by atoms with Crippen LogP contribution < -0.4 is 4.74 Å². The fourth-order valence-electron chi connectivity index (χ4n) is 3.24. The van der Waals surface area contributed by atoms with Gasteiger partial charge in [-0.25, -0.2) is 4.79 Å². The highest BCUT2D eigenvalue weighted by molar-refractivity contribution is 6.31. The number of fused-ring (bicyclic) bond motifs is 2. The number of nitrogens with zero attached hydrogens (tertiary/aromatic N) is 1. The zero-order chi connectivity index (χ0) is 16.8. The number of halogens is 3. The molecule has 0 atom stereocenters. The summed E-state index contributed by atoms with van der Waals surface area (Å²) >= 11 is 0. The van der Waals surface area contributed by atoms with Crippen LogP contribution in [0.25, 0.3) is 0 Å². The number of alkyl halides is 3. The number of carboxylic acid groups (broad SMARTS) is 1. The van der Waals surface area contributed by atoms with Gasteiger partial charge in [0, 0.05) is 24.1 Å². The van der Waals surface area contributed by atoms with E-state index in [0.717, 1.165) is 12.1 Å². The average molecular weight is 329 g/mol. The van der Waals surface area contributed by atoms with Crippen LogP contribution >= 0.6 is 0 Å². The summed E-state index contributed by atoms with van der Waals surface area (Å²) < 4.78 is 43.7. The van der Waals surface area contributed by atoms with Crippen LogP contribution in [0.3, 0.4) is 0 Å². The monoisotopic (exact) mass is 329 g/mol. The Morgan fingerprint density at radius 1 is 1.22 bits per heavy atom. The van der Waals surface area contributed by atoms with E-state index in [4.69, 9.17) is 9.84 Å². The summed E-state index contributed by atoms with van der Waals surface area (Å²) in [5.74, 6) is -2.23. The number of amides is 1. The third kappa shape index (κ3) is 2.62. The lowest BCUT2D eigenvalue weighted by molar-refractivity contribution is -0.156. The lowest BCUT2D eigenvalue weighted by atomic mass is 9.74. The largest absolute Gasteiger partial charge is 0.492 e. The van der Waals surface area contributed by atoms with Crippen LogP contribution in [0.5, 0.6) is 5.75 Å². The van der Waals surface area contributed by atoms with Crippen molar-refractivity contribution in [2.24, 2.45) is 0 Å². The van der Waals surface area contributed by atoms with Crippen LogP contribution in [0.4, 0.5) is 13.2 Å². The highest BCUT2D eigenvalue weighted by Gasteiger charge is 2.45. The van der Waals surface area contributed by atoms with E-state index >= 15 is 0 Å². The number of hydrogen-bond donors (Lipinski definition) is 1. The van der Waals surface area contributed by atoms with Crippen molar-refractivity contribution in [3.8, 4) is 5.75 Å². The number of hydrogen-bond acceptors (Lipinski definition) is 3. The Balaban J connectivity index is 1.81. The minimum absolute atomic E-state index is 0.220. The third-order valence-corrected chi connectivity index (χ3v) is 4.57. The molecule has 0 aliphatic carbocycles. The molecular weight excluding hydrogens is 315 g/mol. The van der Waals surface area contributed by atoms with Gasteiger partial charge in [-0.05, 0) is 25.0 Å². The van der Waals surface area contributed by atoms with E-state index in [1.54, 1.807) is 0 Å². The fourth-order valence-corrected chi connectivity index (χ4v) is 3.24. The van der Waals surface area contributed by atoms with E-state index in [0.29, 0.717) is 18.4 Å². The number of aliphatic carboxylic acids is 1. The van der Waals surface area contributed by atoms with Crippen molar-refractivity contribution < 1.29 is 32.6 Å². The van der Waals surface area contributed by atoms with E-state index in [2.05, 4.69) is 0 Å². The van der Waals surface area contributed by atoms with Crippen molar-refractivity contribution in [2.45, 2.75) is 24.4 Å². The predicted octanol–water partition coefficient (Wildman–Crippen LogP) is 2.04. The molecule has 0 saturated carbocycles. The van der Waals surface area contributed by atoms with Crippen LogP contribution in [0.2, 0.25) is 0 Å². The molecule has 2 heterocycles. The van der Waals surface area contributed by atoms with Gasteiger partial charge in [0.25, 0.3) is 0 Å². The molecule has 1 N–H and O–H groups in total. The van der Waals surface area contributed by atoms with E-state index < -0.39 is 29.0 Å². The number of benzene rings is 1. The highest BCUT2D eigenvalue weighted by Crippen LogP contribution is 2.47. The number of rotatable bonds is 0.